The summed E-state index contributed by atoms with van der Waals surface area (Å²) in [5.41, 5.74) is 1.31. The number of benzene rings is 1. The molecule has 1 aliphatic heterocycles. The molecule has 1 heterocycles. The van der Waals surface area contributed by atoms with Crippen molar-refractivity contribution in [3.05, 3.63) is 35.9 Å². The molecule has 1 aliphatic rings. The molecular weight excluding hydrogens is 805 g/mol. The van der Waals surface area contributed by atoms with E-state index in [1.807, 2.05) is 26.8 Å². The summed E-state index contributed by atoms with van der Waals surface area (Å²) in [6.07, 6.45) is 3.91. The van der Waals surface area contributed by atoms with Gasteiger partial charge in [0.1, 0.15) is 0 Å². The van der Waals surface area contributed by atoms with Crippen LogP contribution in [0.3, 0.4) is 0 Å². The van der Waals surface area contributed by atoms with Gasteiger partial charge in [0, 0.05) is 103 Å². The number of hydrogen-bond donors (Lipinski definition) is 5. The first-order valence-electron chi connectivity index (χ1n) is 21.1. The number of aliphatic hydroxyl groups excluding tert-OH is 3. The zero-order chi connectivity index (χ0) is 41.3. The van der Waals surface area contributed by atoms with E-state index in [4.69, 9.17) is 35.4 Å². The van der Waals surface area contributed by atoms with Crippen LogP contribution in [0.4, 0.5) is 0 Å². The molecular formula is C40H78O11S2Si3. The molecule has 9 unspecified atom stereocenters. The predicted octanol–water partition coefficient (Wildman–Crippen LogP) is 6.91. The largest absolute Gasteiger partial charge is 0.501 e. The maximum Gasteiger partial charge on any atom is 0.501 e. The SMILES string of the molecule is CC(CO)CCO[Si](CCCS)(OCC(C)CO)OCC(C)CCO[Si](CCCS)(OCC(C)CO)OCC(C)CO[Si]1(CCc2ccccc2)CC(C)CO1. The highest BCUT2D eigenvalue weighted by Gasteiger charge is 2.46. The number of aryl methyl sites for hydroxylation is 1. The van der Waals surface area contributed by atoms with Gasteiger partial charge in [-0.3, -0.25) is 0 Å². The molecule has 0 saturated carbocycles. The van der Waals surface area contributed by atoms with Gasteiger partial charge in [-0.05, 0) is 79.0 Å². The zero-order valence-corrected chi connectivity index (χ0v) is 40.2. The lowest BCUT2D eigenvalue weighted by Crippen LogP contribution is -2.49. The topological polar surface area (TPSA) is 135 Å². The molecule has 1 aromatic rings. The summed E-state index contributed by atoms with van der Waals surface area (Å²) in [5.74, 6) is 2.07. The van der Waals surface area contributed by atoms with Crippen LogP contribution in [0.15, 0.2) is 30.3 Å². The Morgan fingerprint density at radius 3 is 1.62 bits per heavy atom. The summed E-state index contributed by atoms with van der Waals surface area (Å²) >= 11 is 8.96. The van der Waals surface area contributed by atoms with E-state index in [1.165, 1.54) is 5.56 Å². The fourth-order valence-electron chi connectivity index (χ4n) is 6.07. The number of hydrogen-bond acceptors (Lipinski definition) is 13. The summed E-state index contributed by atoms with van der Waals surface area (Å²) in [6, 6.07) is 13.7. The van der Waals surface area contributed by atoms with Crippen molar-refractivity contribution in [3.63, 3.8) is 0 Å². The lowest BCUT2D eigenvalue weighted by Gasteiger charge is -2.33. The van der Waals surface area contributed by atoms with Crippen molar-refractivity contribution in [2.75, 3.05) is 84.2 Å². The molecule has 3 N–H and O–H groups in total. The van der Waals surface area contributed by atoms with Crippen molar-refractivity contribution < 1.29 is 50.7 Å². The first-order valence-corrected chi connectivity index (χ1v) is 28.4. The Kier molecular flexibility index (Phi) is 27.4. The third kappa shape index (κ3) is 21.1. The molecule has 328 valence electrons. The van der Waals surface area contributed by atoms with E-state index >= 15 is 0 Å². The normalized spacial score (nSPS) is 22.3. The maximum atomic E-state index is 9.82. The van der Waals surface area contributed by atoms with E-state index < -0.39 is 26.2 Å². The van der Waals surface area contributed by atoms with E-state index in [2.05, 4.69) is 70.3 Å². The van der Waals surface area contributed by atoms with Crippen molar-refractivity contribution in [2.24, 2.45) is 35.5 Å². The van der Waals surface area contributed by atoms with Crippen molar-refractivity contribution >= 4 is 51.4 Å². The number of thiol groups is 2. The monoisotopic (exact) mass is 882 g/mol. The Morgan fingerprint density at radius 1 is 0.679 bits per heavy atom. The summed E-state index contributed by atoms with van der Waals surface area (Å²) in [5, 5.41) is 29.0. The lowest BCUT2D eigenvalue weighted by molar-refractivity contribution is 0.0163. The summed E-state index contributed by atoms with van der Waals surface area (Å²) in [7, 11) is -8.65. The lowest BCUT2D eigenvalue weighted by atomic mass is 10.1. The van der Waals surface area contributed by atoms with Gasteiger partial charge in [-0.1, -0.05) is 71.9 Å². The van der Waals surface area contributed by atoms with Crippen LogP contribution < -0.4 is 0 Å². The van der Waals surface area contributed by atoms with Gasteiger partial charge in [-0.25, -0.2) is 0 Å². The van der Waals surface area contributed by atoms with Crippen LogP contribution in [0.2, 0.25) is 24.2 Å². The van der Waals surface area contributed by atoms with Crippen LogP contribution in [0.25, 0.3) is 0 Å². The van der Waals surface area contributed by atoms with Crippen LogP contribution in [0.1, 0.15) is 72.8 Å². The molecule has 0 radical (unpaired) electrons. The van der Waals surface area contributed by atoms with Gasteiger partial charge >= 0.3 is 26.2 Å². The van der Waals surface area contributed by atoms with Crippen LogP contribution in [0.5, 0.6) is 0 Å². The molecule has 0 amide bonds. The molecule has 0 aliphatic carbocycles. The van der Waals surface area contributed by atoms with Gasteiger partial charge in [-0.15, -0.1) is 0 Å². The van der Waals surface area contributed by atoms with Gasteiger partial charge < -0.3 is 50.7 Å². The van der Waals surface area contributed by atoms with Gasteiger partial charge in [0.2, 0.25) is 0 Å². The average Bonchev–Trinajstić information content (AvgIpc) is 3.60. The van der Waals surface area contributed by atoms with Crippen LogP contribution >= 0.6 is 25.3 Å². The van der Waals surface area contributed by atoms with Crippen LogP contribution in [0, 0.1) is 35.5 Å². The fraction of sp³-hybridized carbons (Fsp3) is 0.850. The first kappa shape index (κ1) is 52.3. The molecule has 11 nitrogen and oxygen atoms in total. The van der Waals surface area contributed by atoms with Crippen LogP contribution in [-0.2, 0) is 41.8 Å². The van der Waals surface area contributed by atoms with E-state index in [1.54, 1.807) is 0 Å². The summed E-state index contributed by atoms with van der Waals surface area (Å²) < 4.78 is 52.6. The molecule has 16 heteroatoms. The highest BCUT2D eigenvalue weighted by molar-refractivity contribution is 7.80. The Bertz CT molecular complexity index is 1120. The van der Waals surface area contributed by atoms with Crippen molar-refractivity contribution in [3.8, 4) is 0 Å². The average molecular weight is 883 g/mol. The minimum atomic E-state index is -3.18. The Labute approximate surface area is 354 Å². The van der Waals surface area contributed by atoms with Crippen molar-refractivity contribution in [2.45, 2.75) is 97.8 Å². The second-order valence-electron chi connectivity index (χ2n) is 16.4. The van der Waals surface area contributed by atoms with Gasteiger partial charge in [0.15, 0.2) is 0 Å². The third-order valence-electron chi connectivity index (χ3n) is 9.99. The number of rotatable bonds is 35. The molecule has 0 aromatic heterocycles. The van der Waals surface area contributed by atoms with Gasteiger partial charge in [-0.2, -0.15) is 25.3 Å². The minimum absolute atomic E-state index is 0.0166. The molecule has 2 rings (SSSR count). The molecule has 0 spiro atoms. The highest BCUT2D eigenvalue weighted by atomic mass is 32.1. The molecule has 1 saturated heterocycles. The first-order chi connectivity index (χ1) is 26.9. The van der Waals surface area contributed by atoms with Crippen molar-refractivity contribution in [1.82, 2.24) is 0 Å². The fourth-order valence-corrected chi connectivity index (χ4v) is 16.4. The number of aliphatic hydroxyl groups is 3. The maximum absolute atomic E-state index is 9.82. The van der Waals surface area contributed by atoms with E-state index in [0.717, 1.165) is 38.0 Å². The van der Waals surface area contributed by atoms with Crippen LogP contribution in [-0.4, -0.2) is 126 Å². The quantitative estimate of drug-likeness (QED) is 0.0360. The second-order valence-corrected chi connectivity index (χ2v) is 26.1. The highest BCUT2D eigenvalue weighted by Crippen LogP contribution is 2.33. The Hall–Kier alpha value is 0.131. The second kappa shape index (κ2) is 29.4. The standard InChI is InChI=1S/C40H78O11S2Si3/c1-34(24-41)14-17-44-55(21-10-19-52,49-28-36(3)25-42)48-27-35(2)15-18-45-56(22-11-20-53,50-29-37(4)26-43)51-31-38(5)30-46-54(33-39(6)32-47-54)23-16-40-12-8-7-9-13-40/h7-9,12-13,34-39,41-43,52-53H,10-11,14-33H2,1-6H3. The molecule has 9 atom stereocenters. The van der Waals surface area contributed by atoms with E-state index in [0.29, 0.717) is 88.6 Å². The summed E-state index contributed by atoms with van der Waals surface area (Å²) in [6.45, 7) is 16.2. The summed E-state index contributed by atoms with van der Waals surface area (Å²) in [4.78, 5) is 0. The third-order valence-corrected chi connectivity index (χ3v) is 20.0. The Morgan fingerprint density at radius 2 is 1.16 bits per heavy atom. The van der Waals surface area contributed by atoms with E-state index in [-0.39, 0.29) is 49.4 Å². The molecule has 56 heavy (non-hydrogen) atoms. The van der Waals surface area contributed by atoms with E-state index in [9.17, 15) is 15.3 Å². The predicted molar refractivity (Wildman–Crippen MR) is 237 cm³/mol. The molecule has 0 bridgehead atoms. The van der Waals surface area contributed by atoms with Gasteiger partial charge in [0.05, 0.1) is 0 Å². The molecule has 1 fully saturated rings. The van der Waals surface area contributed by atoms with Crippen molar-refractivity contribution in [1.29, 1.82) is 0 Å². The Balaban J connectivity index is 2.09. The minimum Gasteiger partial charge on any atom is -0.396 e. The zero-order valence-electron chi connectivity index (χ0n) is 35.4. The molecule has 1 aromatic carbocycles. The van der Waals surface area contributed by atoms with Gasteiger partial charge in [0.25, 0.3) is 0 Å². The smallest absolute Gasteiger partial charge is 0.396 e.